The first-order valence-electron chi connectivity index (χ1n) is 7.97. The molecule has 8 heteroatoms. The Morgan fingerprint density at radius 1 is 1.19 bits per heavy atom. The number of nitrogens with one attached hydrogen (secondary N) is 1. The predicted octanol–water partition coefficient (Wildman–Crippen LogP) is 4.95. The normalized spacial score (nSPS) is 10.3. The largest absolute Gasteiger partial charge is 0.445 e. The number of Topliss-reactive ketones (excluding diaryl/α,β-unsaturated/α-hetero) is 1. The molecule has 0 saturated heterocycles. The smallest absolute Gasteiger partial charge is 0.327 e. The number of carbonyl (C=O) groups excluding carboxylic acids is 2. The minimum Gasteiger partial charge on any atom is -0.445 e. The van der Waals surface area contributed by atoms with Crippen LogP contribution >= 0.6 is 11.3 Å². The Balaban J connectivity index is 1.66. The number of carbonyl (C=O) groups is 2. The van der Waals surface area contributed by atoms with E-state index in [0.29, 0.717) is 27.2 Å². The van der Waals surface area contributed by atoms with E-state index in [4.69, 9.17) is 4.74 Å². The van der Waals surface area contributed by atoms with Crippen LogP contribution in [0, 0.1) is 5.82 Å². The van der Waals surface area contributed by atoms with E-state index >= 15 is 0 Å². The van der Waals surface area contributed by atoms with Gasteiger partial charge in [-0.25, -0.2) is 14.2 Å². The molecule has 0 aliphatic heterocycles. The van der Waals surface area contributed by atoms with Crippen molar-refractivity contribution >= 4 is 34.0 Å². The summed E-state index contributed by atoms with van der Waals surface area (Å²) in [7, 11) is 1.53. The van der Waals surface area contributed by atoms with E-state index in [1.165, 1.54) is 43.3 Å². The van der Waals surface area contributed by atoms with Crippen LogP contribution in [0.3, 0.4) is 0 Å². The molecule has 0 fully saturated rings. The molecule has 2 aromatic carbocycles. The topological polar surface area (TPSA) is 71.5 Å². The summed E-state index contributed by atoms with van der Waals surface area (Å²) in [5, 5.41) is 3.43. The summed E-state index contributed by atoms with van der Waals surface area (Å²) >= 11 is 1.14. The van der Waals surface area contributed by atoms with Crippen molar-refractivity contribution in [1.82, 2.24) is 4.98 Å². The third-order valence-corrected chi connectivity index (χ3v) is 4.45. The fourth-order valence-electron chi connectivity index (χ4n) is 2.24. The molecule has 27 heavy (non-hydrogen) atoms. The van der Waals surface area contributed by atoms with Crippen LogP contribution in [0.1, 0.15) is 17.3 Å². The average Bonchev–Trinajstić information content (AvgIpc) is 3.08. The molecule has 3 rings (SSSR count). The molecule has 0 aliphatic rings. The van der Waals surface area contributed by atoms with Gasteiger partial charge in [-0.1, -0.05) is 29.5 Å². The van der Waals surface area contributed by atoms with Gasteiger partial charge in [-0.15, -0.1) is 0 Å². The van der Waals surface area contributed by atoms with E-state index in [1.54, 1.807) is 30.3 Å². The monoisotopic (exact) mass is 385 g/mol. The van der Waals surface area contributed by atoms with Crippen LogP contribution in [0.2, 0.25) is 0 Å². The highest BCUT2D eigenvalue weighted by molar-refractivity contribution is 7.17. The zero-order chi connectivity index (χ0) is 19.4. The Bertz CT molecular complexity index is 990. The number of ketones is 1. The van der Waals surface area contributed by atoms with Crippen LogP contribution in [0.4, 0.5) is 20.0 Å². The van der Waals surface area contributed by atoms with Gasteiger partial charge in [0.15, 0.2) is 10.9 Å². The van der Waals surface area contributed by atoms with Crippen molar-refractivity contribution < 1.29 is 18.7 Å². The first-order valence-corrected chi connectivity index (χ1v) is 8.79. The van der Waals surface area contributed by atoms with E-state index in [-0.39, 0.29) is 5.78 Å². The van der Waals surface area contributed by atoms with Crippen molar-refractivity contribution in [2.24, 2.45) is 0 Å². The van der Waals surface area contributed by atoms with Gasteiger partial charge in [0.05, 0.1) is 6.20 Å². The molecule has 0 spiro atoms. The Hall–Kier alpha value is -3.26. The minimum absolute atomic E-state index is 0.0573. The summed E-state index contributed by atoms with van der Waals surface area (Å²) in [6.45, 7) is 1.48. The number of anilines is 2. The van der Waals surface area contributed by atoms with E-state index in [9.17, 15) is 14.0 Å². The lowest BCUT2D eigenvalue weighted by Gasteiger charge is -2.16. The van der Waals surface area contributed by atoms with Gasteiger partial charge >= 0.3 is 6.03 Å². The van der Waals surface area contributed by atoms with E-state index in [2.05, 4.69) is 10.3 Å². The predicted molar refractivity (Wildman–Crippen MR) is 102 cm³/mol. The third-order valence-electron chi connectivity index (χ3n) is 3.66. The van der Waals surface area contributed by atoms with Crippen LogP contribution in [-0.4, -0.2) is 23.8 Å². The van der Waals surface area contributed by atoms with Crippen LogP contribution < -0.4 is 15.0 Å². The summed E-state index contributed by atoms with van der Waals surface area (Å²) in [6.07, 6.45) is 1.48. The maximum atomic E-state index is 13.3. The van der Waals surface area contributed by atoms with Crippen LogP contribution in [0.25, 0.3) is 0 Å². The maximum absolute atomic E-state index is 13.3. The number of halogens is 1. The van der Waals surface area contributed by atoms with Gasteiger partial charge in [0, 0.05) is 18.3 Å². The number of urea groups is 1. The minimum atomic E-state index is -0.458. The van der Waals surface area contributed by atoms with Crippen LogP contribution in [0.5, 0.6) is 10.8 Å². The molecule has 0 atom stereocenters. The highest BCUT2D eigenvalue weighted by Crippen LogP contribution is 2.31. The van der Waals surface area contributed by atoms with Gasteiger partial charge < -0.3 is 4.74 Å². The molecular weight excluding hydrogens is 369 g/mol. The fourth-order valence-corrected chi connectivity index (χ4v) is 2.91. The number of rotatable bonds is 5. The van der Waals surface area contributed by atoms with Gasteiger partial charge in [0.1, 0.15) is 11.6 Å². The van der Waals surface area contributed by atoms with Crippen molar-refractivity contribution in [3.63, 3.8) is 0 Å². The van der Waals surface area contributed by atoms with Gasteiger partial charge in [0.25, 0.3) is 0 Å². The van der Waals surface area contributed by atoms with Crippen molar-refractivity contribution in [1.29, 1.82) is 0 Å². The van der Waals surface area contributed by atoms with Crippen LogP contribution in [-0.2, 0) is 0 Å². The van der Waals surface area contributed by atoms with E-state index in [1.807, 2.05) is 0 Å². The molecule has 0 saturated carbocycles. The molecule has 2 amide bonds. The van der Waals surface area contributed by atoms with Gasteiger partial charge in [-0.2, -0.15) is 0 Å². The Kier molecular flexibility index (Phi) is 5.46. The molecule has 3 aromatic rings. The molecule has 0 unspecified atom stereocenters. The number of amides is 2. The second-order valence-electron chi connectivity index (χ2n) is 5.64. The van der Waals surface area contributed by atoms with Crippen molar-refractivity contribution in [2.75, 3.05) is 17.3 Å². The lowest BCUT2D eigenvalue weighted by Crippen LogP contribution is -2.31. The molecule has 138 valence electrons. The number of benzene rings is 2. The number of thiazole rings is 1. The van der Waals surface area contributed by atoms with Gasteiger partial charge in [0.2, 0.25) is 5.06 Å². The average molecular weight is 385 g/mol. The molecule has 0 radical (unpaired) electrons. The van der Waals surface area contributed by atoms with Crippen LogP contribution in [0.15, 0.2) is 54.7 Å². The number of aromatic nitrogens is 1. The quantitative estimate of drug-likeness (QED) is 0.631. The summed E-state index contributed by atoms with van der Waals surface area (Å²) in [4.78, 5) is 29.1. The molecular formula is C19H16FN3O3S. The van der Waals surface area contributed by atoms with Crippen molar-refractivity contribution in [2.45, 2.75) is 6.92 Å². The standard InChI is InChI=1S/C19H16FN3O3S/c1-12(24)13-5-3-8-16(9-13)26-17-11-21-18(27-17)22-19(25)23(2)15-7-4-6-14(20)10-15/h3-11H,1-2H3,(H,21,22,25). The second-order valence-corrected chi connectivity index (χ2v) is 6.63. The SMILES string of the molecule is CC(=O)c1cccc(Oc2cnc(NC(=O)N(C)c3cccc(F)c3)s2)c1. The summed E-state index contributed by atoms with van der Waals surface area (Å²) < 4.78 is 19.0. The van der Waals surface area contributed by atoms with Crippen molar-refractivity contribution in [3.8, 4) is 10.8 Å². The molecule has 1 heterocycles. The number of ether oxygens (including phenoxy) is 1. The first-order chi connectivity index (χ1) is 12.9. The molecule has 0 aliphatic carbocycles. The fraction of sp³-hybridized carbons (Fsp3) is 0.105. The van der Waals surface area contributed by atoms with Gasteiger partial charge in [-0.3, -0.25) is 15.0 Å². The number of hydrogen-bond donors (Lipinski definition) is 1. The Morgan fingerprint density at radius 3 is 2.70 bits per heavy atom. The lowest BCUT2D eigenvalue weighted by atomic mass is 10.1. The Morgan fingerprint density at radius 2 is 1.96 bits per heavy atom. The first kappa shape index (κ1) is 18.5. The molecule has 1 N–H and O–H groups in total. The molecule has 0 bridgehead atoms. The number of nitrogens with zero attached hydrogens (tertiary/aromatic N) is 2. The summed E-state index contributed by atoms with van der Waals surface area (Å²) in [6, 6.07) is 12.1. The Labute approximate surface area is 159 Å². The highest BCUT2D eigenvalue weighted by Gasteiger charge is 2.14. The van der Waals surface area contributed by atoms with E-state index in [0.717, 1.165) is 11.3 Å². The zero-order valence-corrected chi connectivity index (χ0v) is 15.4. The van der Waals surface area contributed by atoms with E-state index < -0.39 is 11.8 Å². The maximum Gasteiger partial charge on any atom is 0.327 e. The van der Waals surface area contributed by atoms with Crippen molar-refractivity contribution in [3.05, 3.63) is 66.1 Å². The zero-order valence-electron chi connectivity index (χ0n) is 14.6. The summed E-state index contributed by atoms with van der Waals surface area (Å²) in [5.74, 6) is 0.0177. The lowest BCUT2D eigenvalue weighted by molar-refractivity contribution is 0.101. The summed E-state index contributed by atoms with van der Waals surface area (Å²) in [5.41, 5.74) is 0.962. The molecule has 1 aromatic heterocycles. The second kappa shape index (κ2) is 7.96. The highest BCUT2D eigenvalue weighted by atomic mass is 32.1. The third kappa shape index (κ3) is 4.68. The molecule has 6 nitrogen and oxygen atoms in total. The number of hydrogen-bond acceptors (Lipinski definition) is 5. The van der Waals surface area contributed by atoms with Gasteiger partial charge in [-0.05, 0) is 37.3 Å².